The van der Waals surface area contributed by atoms with Gasteiger partial charge in [-0.3, -0.25) is 9.63 Å². The highest BCUT2D eigenvalue weighted by molar-refractivity contribution is 7.99. The molecule has 0 spiro atoms. The van der Waals surface area contributed by atoms with Gasteiger partial charge in [0.1, 0.15) is 0 Å². The Kier molecular flexibility index (Phi) is 4.70. The first-order valence-electron chi connectivity index (χ1n) is 4.41. The average molecular weight is 247 g/mol. The second-order valence-electron chi connectivity index (χ2n) is 2.89. The molecule has 1 aromatic rings. The molecule has 1 amide bonds. The Morgan fingerprint density at radius 1 is 1.38 bits per heavy atom. The van der Waals surface area contributed by atoms with E-state index in [1.54, 1.807) is 0 Å². The SMILES string of the molecule is CON(C)C(=O)c1ccc(SC(F)F)cc1. The maximum absolute atomic E-state index is 12.0. The zero-order chi connectivity index (χ0) is 12.1. The van der Waals surface area contributed by atoms with E-state index in [0.29, 0.717) is 22.2 Å². The first kappa shape index (κ1) is 12.9. The van der Waals surface area contributed by atoms with Crippen LogP contribution in [0.4, 0.5) is 8.78 Å². The number of benzene rings is 1. The first-order chi connectivity index (χ1) is 7.54. The van der Waals surface area contributed by atoms with Crippen molar-refractivity contribution in [3.63, 3.8) is 0 Å². The number of alkyl halides is 2. The number of carbonyl (C=O) groups is 1. The molecule has 16 heavy (non-hydrogen) atoms. The van der Waals surface area contributed by atoms with E-state index in [1.165, 1.54) is 38.4 Å². The highest BCUT2D eigenvalue weighted by atomic mass is 32.2. The molecule has 1 rings (SSSR count). The summed E-state index contributed by atoms with van der Waals surface area (Å²) in [5.41, 5.74) is 0.392. The molecule has 0 radical (unpaired) electrons. The van der Waals surface area contributed by atoms with Crippen LogP contribution < -0.4 is 0 Å². The summed E-state index contributed by atoms with van der Waals surface area (Å²) in [7, 11) is 2.85. The summed E-state index contributed by atoms with van der Waals surface area (Å²) in [6.07, 6.45) is 0. The minimum Gasteiger partial charge on any atom is -0.274 e. The monoisotopic (exact) mass is 247 g/mol. The van der Waals surface area contributed by atoms with Crippen LogP contribution in [0.25, 0.3) is 0 Å². The summed E-state index contributed by atoms with van der Waals surface area (Å²) in [5.74, 6) is -2.78. The van der Waals surface area contributed by atoms with Gasteiger partial charge in [-0.2, -0.15) is 8.78 Å². The first-order valence-corrected chi connectivity index (χ1v) is 5.29. The number of nitrogens with zero attached hydrogens (tertiary/aromatic N) is 1. The van der Waals surface area contributed by atoms with Gasteiger partial charge in [0.2, 0.25) is 0 Å². The van der Waals surface area contributed by atoms with Crippen molar-refractivity contribution in [1.29, 1.82) is 0 Å². The lowest BCUT2D eigenvalue weighted by Gasteiger charge is -2.13. The van der Waals surface area contributed by atoms with Gasteiger partial charge in [-0.25, -0.2) is 5.06 Å². The highest BCUT2D eigenvalue weighted by Crippen LogP contribution is 2.25. The lowest BCUT2D eigenvalue weighted by atomic mass is 10.2. The molecule has 0 aliphatic heterocycles. The second-order valence-corrected chi connectivity index (χ2v) is 3.95. The van der Waals surface area contributed by atoms with Crippen LogP contribution in [0, 0.1) is 0 Å². The number of rotatable bonds is 4. The molecule has 0 saturated carbocycles. The molecule has 0 N–H and O–H groups in total. The van der Waals surface area contributed by atoms with Crippen LogP contribution in [0.2, 0.25) is 0 Å². The molecule has 0 aliphatic rings. The van der Waals surface area contributed by atoms with Crippen molar-refractivity contribution in [1.82, 2.24) is 5.06 Å². The van der Waals surface area contributed by atoms with Crippen molar-refractivity contribution >= 4 is 17.7 Å². The highest BCUT2D eigenvalue weighted by Gasteiger charge is 2.11. The van der Waals surface area contributed by atoms with Crippen LogP contribution in [0.15, 0.2) is 29.2 Å². The predicted molar refractivity (Wildman–Crippen MR) is 57.4 cm³/mol. The van der Waals surface area contributed by atoms with Gasteiger partial charge in [-0.15, -0.1) is 0 Å². The van der Waals surface area contributed by atoms with Crippen molar-refractivity contribution in [2.45, 2.75) is 10.7 Å². The van der Waals surface area contributed by atoms with Gasteiger partial charge in [-0.1, -0.05) is 11.8 Å². The lowest BCUT2D eigenvalue weighted by Crippen LogP contribution is -2.25. The van der Waals surface area contributed by atoms with Gasteiger partial charge in [0, 0.05) is 17.5 Å². The molecular formula is C10H11F2NO2S. The Labute approximate surface area is 96.3 Å². The number of amides is 1. The van der Waals surface area contributed by atoms with Crippen LogP contribution in [0.3, 0.4) is 0 Å². The quantitative estimate of drug-likeness (QED) is 0.605. The van der Waals surface area contributed by atoms with E-state index < -0.39 is 5.76 Å². The topological polar surface area (TPSA) is 29.5 Å². The van der Waals surface area contributed by atoms with Crippen molar-refractivity contribution in [2.24, 2.45) is 0 Å². The Morgan fingerprint density at radius 3 is 2.38 bits per heavy atom. The van der Waals surface area contributed by atoms with Gasteiger partial charge in [0.05, 0.1) is 7.11 Å². The van der Waals surface area contributed by atoms with Crippen molar-refractivity contribution in [3.8, 4) is 0 Å². The predicted octanol–water partition coefficient (Wildman–Crippen LogP) is 2.63. The third-order valence-corrected chi connectivity index (χ3v) is 2.61. The summed E-state index contributed by atoms with van der Waals surface area (Å²) in [6.45, 7) is 0. The largest absolute Gasteiger partial charge is 0.288 e. The molecule has 0 heterocycles. The third-order valence-electron chi connectivity index (χ3n) is 1.89. The van der Waals surface area contributed by atoms with E-state index in [2.05, 4.69) is 0 Å². The average Bonchev–Trinajstić information content (AvgIpc) is 2.27. The van der Waals surface area contributed by atoms with E-state index in [0.717, 1.165) is 5.06 Å². The van der Waals surface area contributed by atoms with Gasteiger partial charge in [0.25, 0.3) is 11.7 Å². The van der Waals surface area contributed by atoms with Crippen LogP contribution >= 0.6 is 11.8 Å². The Morgan fingerprint density at radius 2 is 1.94 bits per heavy atom. The smallest absolute Gasteiger partial charge is 0.274 e. The molecule has 0 saturated heterocycles. The van der Waals surface area contributed by atoms with E-state index >= 15 is 0 Å². The zero-order valence-electron chi connectivity index (χ0n) is 8.81. The fourth-order valence-electron chi connectivity index (χ4n) is 1.04. The van der Waals surface area contributed by atoms with Gasteiger partial charge in [-0.05, 0) is 24.3 Å². The van der Waals surface area contributed by atoms with Gasteiger partial charge >= 0.3 is 0 Å². The fraction of sp³-hybridized carbons (Fsp3) is 0.300. The molecule has 0 bridgehead atoms. The summed E-state index contributed by atoms with van der Waals surface area (Å²) >= 11 is 0.444. The zero-order valence-corrected chi connectivity index (χ0v) is 9.63. The molecule has 0 atom stereocenters. The standard InChI is InChI=1S/C10H11F2NO2S/c1-13(15-2)9(14)7-3-5-8(6-4-7)16-10(11)12/h3-6,10H,1-2H3. The number of carbonyl (C=O) groups excluding carboxylic acids is 1. The number of hydrogen-bond acceptors (Lipinski definition) is 3. The third kappa shape index (κ3) is 3.46. The molecule has 88 valence electrons. The molecular weight excluding hydrogens is 236 g/mol. The molecule has 0 aliphatic carbocycles. The normalized spacial score (nSPS) is 10.6. The Balaban J connectivity index is 2.74. The number of halogens is 2. The maximum atomic E-state index is 12.0. The number of hydrogen-bond donors (Lipinski definition) is 0. The lowest BCUT2D eigenvalue weighted by molar-refractivity contribution is -0.0757. The summed E-state index contributed by atoms with van der Waals surface area (Å²) in [6, 6.07) is 5.94. The molecule has 0 fully saturated rings. The van der Waals surface area contributed by atoms with Crippen molar-refractivity contribution in [3.05, 3.63) is 29.8 Å². The molecule has 6 heteroatoms. The number of thioether (sulfide) groups is 1. The van der Waals surface area contributed by atoms with Gasteiger partial charge < -0.3 is 0 Å². The van der Waals surface area contributed by atoms with Crippen molar-refractivity contribution < 1.29 is 18.4 Å². The second kappa shape index (κ2) is 5.81. The number of hydroxylamine groups is 2. The van der Waals surface area contributed by atoms with E-state index in [9.17, 15) is 13.6 Å². The van der Waals surface area contributed by atoms with Crippen LogP contribution in [0.5, 0.6) is 0 Å². The summed E-state index contributed by atoms with van der Waals surface area (Å²) in [4.78, 5) is 16.7. The van der Waals surface area contributed by atoms with Gasteiger partial charge in [0.15, 0.2) is 0 Å². The molecule has 0 unspecified atom stereocenters. The van der Waals surface area contributed by atoms with Crippen LogP contribution in [0.1, 0.15) is 10.4 Å². The van der Waals surface area contributed by atoms with Crippen LogP contribution in [-0.2, 0) is 4.84 Å². The minimum absolute atomic E-state index is 0.323. The molecule has 3 nitrogen and oxygen atoms in total. The fourth-order valence-corrected chi connectivity index (χ4v) is 1.54. The van der Waals surface area contributed by atoms with Crippen molar-refractivity contribution in [2.75, 3.05) is 14.2 Å². The van der Waals surface area contributed by atoms with E-state index in [4.69, 9.17) is 4.84 Å². The molecule has 0 aromatic heterocycles. The Bertz CT molecular complexity index is 356. The van der Waals surface area contributed by atoms with E-state index in [-0.39, 0.29) is 5.91 Å². The maximum Gasteiger partial charge on any atom is 0.288 e. The summed E-state index contributed by atoms with van der Waals surface area (Å²) in [5, 5.41) is 1.06. The Hall–Kier alpha value is -1.14. The van der Waals surface area contributed by atoms with E-state index in [1.807, 2.05) is 0 Å². The summed E-state index contributed by atoms with van der Waals surface area (Å²) < 4.78 is 24.1. The van der Waals surface area contributed by atoms with Crippen LogP contribution in [-0.4, -0.2) is 30.9 Å². The minimum atomic E-state index is -2.46. The molecule has 1 aromatic carbocycles.